The van der Waals surface area contributed by atoms with E-state index in [9.17, 15) is 4.79 Å². The average molecular weight is 257 g/mol. The van der Waals surface area contributed by atoms with Crippen molar-refractivity contribution in [2.75, 3.05) is 7.11 Å². The van der Waals surface area contributed by atoms with Crippen molar-refractivity contribution in [2.24, 2.45) is 23.7 Å². The molecule has 17 heavy (non-hydrogen) atoms. The second-order valence-electron chi connectivity index (χ2n) is 6.29. The lowest BCUT2D eigenvalue weighted by Gasteiger charge is -2.53. The molecule has 5 fully saturated rings. The number of carbonyl (C=O) groups excluding carboxylic acids is 1. The molecule has 0 amide bonds. The van der Waals surface area contributed by atoms with Gasteiger partial charge in [0.2, 0.25) is 0 Å². The molecular weight excluding hydrogens is 240 g/mol. The first-order chi connectivity index (χ1) is 8.10. The van der Waals surface area contributed by atoms with Gasteiger partial charge in [0, 0.05) is 0 Å². The Balaban J connectivity index is 1.70. The van der Waals surface area contributed by atoms with Gasteiger partial charge >= 0.3 is 5.97 Å². The SMILES string of the molecule is COC(=O)C1(Cl)OC12C1CC3CC(C1)CC2C3. The molecule has 0 aromatic carbocycles. The minimum absolute atomic E-state index is 0.380. The van der Waals surface area contributed by atoms with Gasteiger partial charge in [0.25, 0.3) is 5.06 Å². The molecule has 5 aliphatic rings. The maximum absolute atomic E-state index is 11.8. The fraction of sp³-hybridized carbons (Fsp3) is 0.923. The van der Waals surface area contributed by atoms with E-state index in [4.69, 9.17) is 21.1 Å². The molecule has 4 aliphatic carbocycles. The van der Waals surface area contributed by atoms with Gasteiger partial charge in [-0.05, 0) is 55.8 Å². The molecule has 1 aliphatic heterocycles. The molecule has 1 unspecified atom stereocenters. The number of esters is 1. The van der Waals surface area contributed by atoms with Crippen LogP contribution in [0.4, 0.5) is 0 Å². The third-order valence-corrected chi connectivity index (χ3v) is 6.10. The minimum atomic E-state index is -1.16. The van der Waals surface area contributed by atoms with Crippen molar-refractivity contribution in [2.45, 2.75) is 42.8 Å². The van der Waals surface area contributed by atoms with Crippen molar-refractivity contribution in [1.29, 1.82) is 0 Å². The molecule has 5 rings (SSSR count). The zero-order valence-corrected chi connectivity index (χ0v) is 10.7. The molecule has 4 heteroatoms. The fourth-order valence-corrected chi connectivity index (χ4v) is 5.63. The predicted molar refractivity (Wildman–Crippen MR) is 61.5 cm³/mol. The van der Waals surface area contributed by atoms with Crippen molar-refractivity contribution in [3.63, 3.8) is 0 Å². The van der Waals surface area contributed by atoms with Crippen molar-refractivity contribution in [3.05, 3.63) is 0 Å². The van der Waals surface area contributed by atoms with Crippen molar-refractivity contribution >= 4 is 17.6 Å². The van der Waals surface area contributed by atoms with E-state index in [2.05, 4.69) is 0 Å². The van der Waals surface area contributed by atoms with Crippen LogP contribution in [0.15, 0.2) is 0 Å². The van der Waals surface area contributed by atoms with E-state index < -0.39 is 11.0 Å². The first kappa shape index (κ1) is 10.6. The van der Waals surface area contributed by atoms with Gasteiger partial charge in [0.15, 0.2) is 0 Å². The van der Waals surface area contributed by atoms with Crippen LogP contribution in [0, 0.1) is 23.7 Å². The third-order valence-electron chi connectivity index (χ3n) is 5.57. The van der Waals surface area contributed by atoms with Crippen LogP contribution in [-0.4, -0.2) is 23.7 Å². The lowest BCUT2D eigenvalue weighted by atomic mass is 9.50. The van der Waals surface area contributed by atoms with Crippen LogP contribution in [-0.2, 0) is 14.3 Å². The lowest BCUT2D eigenvalue weighted by molar-refractivity contribution is -0.144. The Labute approximate surface area is 106 Å². The van der Waals surface area contributed by atoms with E-state index in [1.807, 2.05) is 0 Å². The zero-order valence-electron chi connectivity index (χ0n) is 9.95. The summed E-state index contributed by atoms with van der Waals surface area (Å²) in [4.78, 5) is 11.8. The van der Waals surface area contributed by atoms with Crippen molar-refractivity contribution in [3.8, 4) is 0 Å². The number of halogens is 1. The van der Waals surface area contributed by atoms with E-state index >= 15 is 0 Å². The average Bonchev–Trinajstić information content (AvgIpc) is 2.93. The predicted octanol–water partition coefficient (Wildman–Crippen LogP) is 2.32. The highest BCUT2D eigenvalue weighted by atomic mass is 35.5. The van der Waals surface area contributed by atoms with Crippen LogP contribution in [0.2, 0.25) is 0 Å². The summed E-state index contributed by atoms with van der Waals surface area (Å²) in [5.74, 6) is 2.27. The maximum Gasteiger partial charge on any atom is 0.357 e. The van der Waals surface area contributed by atoms with Gasteiger partial charge in [-0.1, -0.05) is 11.6 Å². The maximum atomic E-state index is 11.8. The minimum Gasteiger partial charge on any atom is -0.466 e. The lowest BCUT2D eigenvalue weighted by Crippen LogP contribution is -2.54. The number of ether oxygens (including phenoxy) is 2. The zero-order chi connectivity index (χ0) is 11.8. The molecule has 94 valence electrons. The molecule has 1 heterocycles. The Morgan fingerprint density at radius 3 is 2.18 bits per heavy atom. The standard InChI is InChI=1S/C13H17ClO3/c1-16-11(15)13(14)12(17-13)9-3-7-2-8(5-9)6-10(12)4-7/h7-10H,2-6H2,1H3. The second-order valence-corrected chi connectivity index (χ2v) is 6.82. The van der Waals surface area contributed by atoms with Gasteiger partial charge in [-0.15, -0.1) is 0 Å². The van der Waals surface area contributed by atoms with Gasteiger partial charge in [0.05, 0.1) is 7.11 Å². The van der Waals surface area contributed by atoms with Crippen LogP contribution >= 0.6 is 11.6 Å². The van der Waals surface area contributed by atoms with E-state index in [1.54, 1.807) is 0 Å². The summed E-state index contributed by atoms with van der Waals surface area (Å²) in [6, 6.07) is 0. The highest BCUT2D eigenvalue weighted by molar-refractivity contribution is 6.36. The number of hydrogen-bond donors (Lipinski definition) is 0. The first-order valence-corrected chi connectivity index (χ1v) is 6.95. The molecule has 3 nitrogen and oxygen atoms in total. The van der Waals surface area contributed by atoms with E-state index in [0.29, 0.717) is 11.8 Å². The summed E-state index contributed by atoms with van der Waals surface area (Å²) >= 11 is 6.40. The summed E-state index contributed by atoms with van der Waals surface area (Å²) in [5.41, 5.74) is -0.380. The van der Waals surface area contributed by atoms with E-state index in [-0.39, 0.29) is 5.60 Å². The molecule has 0 aromatic rings. The smallest absolute Gasteiger partial charge is 0.357 e. The highest BCUT2D eigenvalue weighted by Crippen LogP contribution is 2.72. The number of methoxy groups -OCH3 is 1. The summed E-state index contributed by atoms with van der Waals surface area (Å²) in [5, 5.41) is -1.16. The van der Waals surface area contributed by atoms with Crippen LogP contribution in [0.3, 0.4) is 0 Å². The van der Waals surface area contributed by atoms with E-state index in [1.165, 1.54) is 39.2 Å². The van der Waals surface area contributed by atoms with Crippen molar-refractivity contribution in [1.82, 2.24) is 0 Å². The highest BCUT2D eigenvalue weighted by Gasteiger charge is 2.83. The van der Waals surface area contributed by atoms with Gasteiger partial charge in [-0.2, -0.15) is 0 Å². The molecular formula is C13H17ClO3. The van der Waals surface area contributed by atoms with Gasteiger partial charge in [-0.25, -0.2) is 4.79 Å². The van der Waals surface area contributed by atoms with Crippen LogP contribution in [0.5, 0.6) is 0 Å². The molecule has 1 atom stereocenters. The van der Waals surface area contributed by atoms with Crippen LogP contribution < -0.4 is 0 Å². The Bertz CT molecular complexity index is 366. The molecule has 0 aromatic heterocycles. The van der Waals surface area contributed by atoms with E-state index in [0.717, 1.165) is 11.8 Å². The molecule has 1 spiro atoms. The molecule has 0 radical (unpaired) electrons. The topological polar surface area (TPSA) is 38.8 Å². The monoisotopic (exact) mass is 256 g/mol. The quantitative estimate of drug-likeness (QED) is 0.411. The Morgan fingerprint density at radius 1 is 1.18 bits per heavy atom. The van der Waals surface area contributed by atoms with Crippen LogP contribution in [0.25, 0.3) is 0 Å². The van der Waals surface area contributed by atoms with Gasteiger partial charge in [-0.3, -0.25) is 0 Å². The first-order valence-electron chi connectivity index (χ1n) is 6.57. The molecule has 4 saturated carbocycles. The Kier molecular flexibility index (Phi) is 1.87. The fourth-order valence-electron chi connectivity index (χ4n) is 5.12. The van der Waals surface area contributed by atoms with Gasteiger partial charge in [0.1, 0.15) is 5.60 Å². The molecule has 1 saturated heterocycles. The number of alkyl halides is 1. The summed E-state index contributed by atoms with van der Waals surface area (Å²) in [7, 11) is 1.39. The van der Waals surface area contributed by atoms with Crippen molar-refractivity contribution < 1.29 is 14.3 Å². The summed E-state index contributed by atoms with van der Waals surface area (Å²) in [6.07, 6.45) is 6.16. The Hall–Kier alpha value is -0.280. The Morgan fingerprint density at radius 2 is 1.71 bits per heavy atom. The number of rotatable bonds is 1. The molecule has 4 bridgehead atoms. The largest absolute Gasteiger partial charge is 0.466 e. The normalized spacial score (nSPS) is 58.5. The number of epoxide rings is 1. The second kappa shape index (κ2) is 3.00. The van der Waals surface area contributed by atoms with Gasteiger partial charge < -0.3 is 9.47 Å². The summed E-state index contributed by atoms with van der Waals surface area (Å²) in [6.45, 7) is 0. The molecule has 0 N–H and O–H groups in total. The summed E-state index contributed by atoms with van der Waals surface area (Å²) < 4.78 is 10.6. The third kappa shape index (κ3) is 1.06. The van der Waals surface area contributed by atoms with Crippen LogP contribution in [0.1, 0.15) is 32.1 Å². The number of hydrogen-bond acceptors (Lipinski definition) is 3. The number of carbonyl (C=O) groups is 1.